The highest BCUT2D eigenvalue weighted by molar-refractivity contribution is 6.30. The van der Waals surface area contributed by atoms with Gasteiger partial charge in [0.2, 0.25) is 0 Å². The molecule has 1 aromatic carbocycles. The molecule has 0 atom stereocenters. The maximum Gasteiger partial charge on any atom is 0.171 e. The van der Waals surface area contributed by atoms with Crippen molar-refractivity contribution >= 4 is 17.9 Å². The summed E-state index contributed by atoms with van der Waals surface area (Å²) in [6.07, 6.45) is 2.13. The number of rotatable bonds is 3. The third kappa shape index (κ3) is 1.90. The average Bonchev–Trinajstić information content (AvgIpc) is 2.77. The van der Waals surface area contributed by atoms with Gasteiger partial charge >= 0.3 is 0 Å². The summed E-state index contributed by atoms with van der Waals surface area (Å²) in [5.74, 6) is 0.603. The van der Waals surface area contributed by atoms with Crippen LogP contribution in [0.4, 0.5) is 0 Å². The van der Waals surface area contributed by atoms with Crippen molar-refractivity contribution in [2.75, 3.05) is 7.11 Å². The lowest BCUT2D eigenvalue weighted by Gasteiger charge is -2.07. The van der Waals surface area contributed by atoms with E-state index >= 15 is 0 Å². The molecule has 0 amide bonds. The maximum atomic E-state index is 10.5. The van der Waals surface area contributed by atoms with Crippen LogP contribution in [0.5, 0.6) is 5.75 Å². The number of carbonyl (C=O) groups excluding carboxylic acids is 1. The van der Waals surface area contributed by atoms with Gasteiger partial charge in [0.05, 0.1) is 13.3 Å². The number of aldehydes is 1. The van der Waals surface area contributed by atoms with E-state index in [0.29, 0.717) is 22.7 Å². The molecule has 0 aliphatic carbocycles. The smallest absolute Gasteiger partial charge is 0.171 e. The van der Waals surface area contributed by atoms with Crippen molar-refractivity contribution in [3.05, 3.63) is 35.1 Å². The summed E-state index contributed by atoms with van der Waals surface area (Å²) < 4.78 is 6.60. The van der Waals surface area contributed by atoms with Crippen molar-refractivity contribution in [2.24, 2.45) is 0 Å². The summed E-state index contributed by atoms with van der Waals surface area (Å²) in [4.78, 5) is 10.5. The minimum Gasteiger partial charge on any atom is -0.494 e. The van der Waals surface area contributed by atoms with Gasteiger partial charge in [-0.2, -0.15) is 0 Å². The van der Waals surface area contributed by atoms with Crippen LogP contribution in [0.15, 0.2) is 24.4 Å². The van der Waals surface area contributed by atoms with Crippen molar-refractivity contribution in [1.29, 1.82) is 0 Å². The van der Waals surface area contributed by atoms with Gasteiger partial charge in [0, 0.05) is 5.02 Å². The summed E-state index contributed by atoms with van der Waals surface area (Å²) in [7, 11) is 1.55. The zero-order valence-corrected chi connectivity index (χ0v) is 9.18. The predicted octanol–water partition coefficient (Wildman–Crippen LogP) is 1.74. The third-order valence-corrected chi connectivity index (χ3v) is 2.25. The molecular weight excluding hydrogens is 230 g/mol. The van der Waals surface area contributed by atoms with Crippen LogP contribution in [0, 0.1) is 0 Å². The molecule has 0 N–H and O–H groups in total. The first-order chi connectivity index (χ1) is 7.74. The molecule has 1 aromatic heterocycles. The number of aromatic nitrogens is 3. The topological polar surface area (TPSA) is 57.0 Å². The van der Waals surface area contributed by atoms with E-state index in [9.17, 15) is 4.79 Å². The molecule has 5 nitrogen and oxygen atoms in total. The molecule has 2 rings (SSSR count). The molecule has 82 valence electrons. The van der Waals surface area contributed by atoms with Crippen LogP contribution < -0.4 is 4.74 Å². The molecule has 0 unspecified atom stereocenters. The fourth-order valence-corrected chi connectivity index (χ4v) is 1.46. The Hall–Kier alpha value is -1.88. The highest BCUT2D eigenvalue weighted by Gasteiger charge is 2.08. The molecule has 0 aliphatic rings. The van der Waals surface area contributed by atoms with Crippen LogP contribution in [0.3, 0.4) is 0 Å². The van der Waals surface area contributed by atoms with Gasteiger partial charge in [-0.05, 0) is 18.2 Å². The van der Waals surface area contributed by atoms with Gasteiger partial charge in [-0.25, -0.2) is 4.68 Å². The van der Waals surface area contributed by atoms with E-state index in [2.05, 4.69) is 10.3 Å². The fourth-order valence-electron chi connectivity index (χ4n) is 1.29. The molecule has 2 aromatic rings. The standard InChI is InChI=1S/C10H8ClN3O2/c1-16-10-3-2-7(11)4-9(10)14-5-8(6-15)12-13-14/h2-6H,1H3. The fraction of sp³-hybridized carbons (Fsp3) is 0.100. The Labute approximate surface area is 96.6 Å². The van der Waals surface area contributed by atoms with Gasteiger partial charge in [-0.1, -0.05) is 16.8 Å². The molecule has 6 heteroatoms. The molecular formula is C10H8ClN3O2. The second-order valence-corrected chi connectivity index (χ2v) is 3.46. The van der Waals surface area contributed by atoms with Crippen LogP contribution in [-0.2, 0) is 0 Å². The Morgan fingerprint density at radius 2 is 2.31 bits per heavy atom. The number of hydrogen-bond donors (Lipinski definition) is 0. The number of hydrogen-bond acceptors (Lipinski definition) is 4. The van der Waals surface area contributed by atoms with Crippen LogP contribution in [-0.4, -0.2) is 28.4 Å². The molecule has 0 fully saturated rings. The lowest BCUT2D eigenvalue weighted by molar-refractivity contribution is 0.111. The van der Waals surface area contributed by atoms with Gasteiger partial charge in [-0.15, -0.1) is 5.10 Å². The molecule has 0 aliphatic heterocycles. The first kappa shape index (κ1) is 10.6. The van der Waals surface area contributed by atoms with Gasteiger partial charge in [-0.3, -0.25) is 4.79 Å². The zero-order valence-electron chi connectivity index (χ0n) is 8.42. The Kier molecular flexibility index (Phi) is 2.87. The van der Waals surface area contributed by atoms with Crippen molar-refractivity contribution in [1.82, 2.24) is 15.0 Å². The Bertz CT molecular complexity index is 525. The Morgan fingerprint density at radius 1 is 1.50 bits per heavy atom. The molecule has 0 radical (unpaired) electrons. The van der Waals surface area contributed by atoms with Gasteiger partial charge in [0.25, 0.3) is 0 Å². The number of nitrogens with zero attached hydrogens (tertiary/aromatic N) is 3. The number of methoxy groups -OCH3 is 1. The maximum absolute atomic E-state index is 10.5. The predicted molar refractivity (Wildman–Crippen MR) is 58.3 cm³/mol. The highest BCUT2D eigenvalue weighted by atomic mass is 35.5. The van der Waals surface area contributed by atoms with E-state index in [-0.39, 0.29) is 5.69 Å². The number of halogens is 1. The van der Waals surface area contributed by atoms with E-state index in [4.69, 9.17) is 16.3 Å². The molecule has 0 bridgehead atoms. The van der Waals surface area contributed by atoms with Crippen LogP contribution in [0.25, 0.3) is 5.69 Å². The molecule has 1 heterocycles. The van der Waals surface area contributed by atoms with Gasteiger partial charge in [0.1, 0.15) is 17.1 Å². The molecule has 0 saturated heterocycles. The van der Waals surface area contributed by atoms with Crippen LogP contribution >= 0.6 is 11.6 Å². The minimum absolute atomic E-state index is 0.252. The van der Waals surface area contributed by atoms with E-state index in [1.807, 2.05) is 0 Å². The van der Waals surface area contributed by atoms with E-state index in [1.54, 1.807) is 25.3 Å². The zero-order chi connectivity index (χ0) is 11.5. The van der Waals surface area contributed by atoms with Crippen LogP contribution in [0.1, 0.15) is 10.5 Å². The summed E-state index contributed by atoms with van der Waals surface area (Å²) in [5.41, 5.74) is 0.887. The monoisotopic (exact) mass is 237 g/mol. The number of carbonyl (C=O) groups is 1. The van der Waals surface area contributed by atoms with Gasteiger partial charge < -0.3 is 4.74 Å². The minimum atomic E-state index is 0.252. The van der Waals surface area contributed by atoms with Crippen molar-refractivity contribution in [3.63, 3.8) is 0 Å². The normalized spacial score (nSPS) is 10.1. The quantitative estimate of drug-likeness (QED) is 0.763. The first-order valence-electron chi connectivity index (χ1n) is 4.46. The third-order valence-electron chi connectivity index (χ3n) is 2.02. The van der Waals surface area contributed by atoms with Crippen molar-refractivity contribution < 1.29 is 9.53 Å². The largest absolute Gasteiger partial charge is 0.494 e. The summed E-state index contributed by atoms with van der Waals surface area (Å²) in [5, 5.41) is 8.02. The average molecular weight is 238 g/mol. The summed E-state index contributed by atoms with van der Waals surface area (Å²) in [6.45, 7) is 0. The molecule has 0 saturated carbocycles. The van der Waals surface area contributed by atoms with E-state index in [1.165, 1.54) is 10.9 Å². The molecule has 16 heavy (non-hydrogen) atoms. The molecule has 0 spiro atoms. The second-order valence-electron chi connectivity index (χ2n) is 3.02. The summed E-state index contributed by atoms with van der Waals surface area (Å²) >= 11 is 5.88. The second kappa shape index (κ2) is 4.32. The number of ether oxygens (including phenoxy) is 1. The summed E-state index contributed by atoms with van der Waals surface area (Å²) in [6, 6.07) is 5.12. The van der Waals surface area contributed by atoms with Gasteiger partial charge in [0.15, 0.2) is 6.29 Å². The first-order valence-corrected chi connectivity index (χ1v) is 4.84. The van der Waals surface area contributed by atoms with E-state index < -0.39 is 0 Å². The highest BCUT2D eigenvalue weighted by Crippen LogP contribution is 2.25. The number of benzene rings is 1. The SMILES string of the molecule is COc1ccc(Cl)cc1-n1cc(C=O)nn1. The van der Waals surface area contributed by atoms with Crippen molar-refractivity contribution in [2.45, 2.75) is 0 Å². The Morgan fingerprint density at radius 3 is 2.94 bits per heavy atom. The lowest BCUT2D eigenvalue weighted by Crippen LogP contribution is -1.98. The van der Waals surface area contributed by atoms with E-state index in [0.717, 1.165) is 0 Å². The van der Waals surface area contributed by atoms with Crippen LogP contribution in [0.2, 0.25) is 5.02 Å². The lowest BCUT2D eigenvalue weighted by atomic mass is 10.3. The van der Waals surface area contributed by atoms with Crippen molar-refractivity contribution in [3.8, 4) is 11.4 Å². The Balaban J connectivity index is 2.53.